The fourth-order valence-corrected chi connectivity index (χ4v) is 3.80. The summed E-state index contributed by atoms with van der Waals surface area (Å²) in [6, 6.07) is 13.7. The summed E-state index contributed by atoms with van der Waals surface area (Å²) in [7, 11) is 0. The summed E-state index contributed by atoms with van der Waals surface area (Å²) >= 11 is 0. The van der Waals surface area contributed by atoms with E-state index in [0.717, 1.165) is 31.5 Å². The summed E-state index contributed by atoms with van der Waals surface area (Å²) < 4.78 is 0. The number of carbonyl (C=O) groups is 1. The predicted octanol–water partition coefficient (Wildman–Crippen LogP) is 4.29. The van der Waals surface area contributed by atoms with Crippen molar-refractivity contribution in [2.24, 2.45) is 0 Å². The molecule has 1 amide bonds. The molecule has 0 radical (unpaired) electrons. The largest absolute Gasteiger partial charge is 0.366 e. The quantitative estimate of drug-likeness (QED) is 0.540. The second-order valence-electron chi connectivity index (χ2n) is 7.16. The molecule has 1 unspecified atom stereocenters. The van der Waals surface area contributed by atoms with E-state index < -0.39 is 4.92 Å². The lowest BCUT2D eigenvalue weighted by atomic mass is 10.0. The zero-order chi connectivity index (χ0) is 21.0. The van der Waals surface area contributed by atoms with Crippen LogP contribution in [0.25, 0.3) is 0 Å². The lowest BCUT2D eigenvalue weighted by Crippen LogP contribution is -2.33. The molecule has 0 N–H and O–H groups in total. The molecule has 1 fully saturated rings. The highest BCUT2D eigenvalue weighted by Gasteiger charge is 2.27. The van der Waals surface area contributed by atoms with Gasteiger partial charge in [-0.1, -0.05) is 12.1 Å². The number of hydrogen-bond donors (Lipinski definition) is 0. The molecular formula is C22H24N4O3. The third-order valence-electron chi connectivity index (χ3n) is 5.46. The van der Waals surface area contributed by atoms with Crippen LogP contribution in [0.15, 0.2) is 42.5 Å². The van der Waals surface area contributed by atoms with Crippen LogP contribution in [0.2, 0.25) is 0 Å². The monoisotopic (exact) mass is 392 g/mol. The average molecular weight is 392 g/mol. The van der Waals surface area contributed by atoms with Gasteiger partial charge in [0.25, 0.3) is 11.6 Å². The van der Waals surface area contributed by atoms with Crippen LogP contribution in [0.5, 0.6) is 0 Å². The van der Waals surface area contributed by atoms with Crippen molar-refractivity contribution in [3.8, 4) is 6.07 Å². The van der Waals surface area contributed by atoms with Gasteiger partial charge in [0.2, 0.25) is 0 Å². The summed E-state index contributed by atoms with van der Waals surface area (Å²) in [4.78, 5) is 28.1. The number of benzene rings is 2. The van der Waals surface area contributed by atoms with E-state index in [-0.39, 0.29) is 17.6 Å². The molecule has 29 heavy (non-hydrogen) atoms. The van der Waals surface area contributed by atoms with Crippen LogP contribution >= 0.6 is 0 Å². The normalized spacial score (nSPS) is 14.3. The molecule has 1 saturated heterocycles. The molecule has 0 spiro atoms. The van der Waals surface area contributed by atoms with E-state index in [2.05, 4.69) is 6.07 Å². The van der Waals surface area contributed by atoms with Gasteiger partial charge in [-0.2, -0.15) is 5.26 Å². The Morgan fingerprint density at radius 1 is 1.24 bits per heavy atom. The van der Waals surface area contributed by atoms with Crippen LogP contribution in [-0.2, 0) is 0 Å². The molecule has 1 aliphatic heterocycles. The molecule has 7 nitrogen and oxygen atoms in total. The number of nitro groups is 1. The molecule has 1 atom stereocenters. The summed E-state index contributed by atoms with van der Waals surface area (Å²) in [5.74, 6) is -0.250. The minimum absolute atomic E-state index is 0.0279. The first-order chi connectivity index (χ1) is 14.0. The molecular weight excluding hydrogens is 368 g/mol. The Kier molecular flexibility index (Phi) is 6.13. The van der Waals surface area contributed by atoms with Crippen LogP contribution < -0.4 is 4.90 Å². The van der Waals surface area contributed by atoms with Crippen LogP contribution in [0, 0.1) is 21.4 Å². The molecule has 3 rings (SSSR count). The van der Waals surface area contributed by atoms with Crippen LogP contribution in [0.3, 0.4) is 0 Å². The minimum atomic E-state index is -0.412. The number of anilines is 1. The molecule has 2 aromatic rings. The lowest BCUT2D eigenvalue weighted by molar-refractivity contribution is -0.384. The van der Waals surface area contributed by atoms with Gasteiger partial charge in [-0.05, 0) is 56.5 Å². The summed E-state index contributed by atoms with van der Waals surface area (Å²) in [5, 5.41) is 20.6. The van der Waals surface area contributed by atoms with Crippen LogP contribution in [-0.4, -0.2) is 35.4 Å². The topological polar surface area (TPSA) is 90.5 Å². The Morgan fingerprint density at radius 3 is 2.45 bits per heavy atom. The van der Waals surface area contributed by atoms with Crippen molar-refractivity contribution in [1.82, 2.24) is 4.90 Å². The van der Waals surface area contributed by atoms with E-state index in [1.54, 1.807) is 29.2 Å². The van der Waals surface area contributed by atoms with Gasteiger partial charge in [0.15, 0.2) is 0 Å². The van der Waals surface area contributed by atoms with E-state index in [4.69, 9.17) is 5.26 Å². The van der Waals surface area contributed by atoms with Crippen LogP contribution in [0.4, 0.5) is 11.4 Å². The number of nitriles is 1. The smallest absolute Gasteiger partial charge is 0.293 e. The maximum Gasteiger partial charge on any atom is 0.293 e. The van der Waals surface area contributed by atoms with Crippen molar-refractivity contribution in [3.05, 3.63) is 69.3 Å². The van der Waals surface area contributed by atoms with Crippen molar-refractivity contribution < 1.29 is 9.72 Å². The first-order valence-corrected chi connectivity index (χ1v) is 9.80. The highest BCUT2D eigenvalue weighted by molar-refractivity contribution is 5.96. The van der Waals surface area contributed by atoms with Gasteiger partial charge in [0, 0.05) is 31.3 Å². The van der Waals surface area contributed by atoms with Gasteiger partial charge >= 0.3 is 0 Å². The lowest BCUT2D eigenvalue weighted by Gasteiger charge is -2.29. The van der Waals surface area contributed by atoms with Gasteiger partial charge < -0.3 is 9.80 Å². The van der Waals surface area contributed by atoms with Gasteiger partial charge in [-0.15, -0.1) is 0 Å². The highest BCUT2D eigenvalue weighted by Crippen LogP contribution is 2.33. The van der Waals surface area contributed by atoms with E-state index in [0.29, 0.717) is 23.4 Å². The first-order valence-electron chi connectivity index (χ1n) is 9.80. The number of hydrogen-bond acceptors (Lipinski definition) is 5. The number of rotatable bonds is 6. The maximum atomic E-state index is 13.2. The predicted molar refractivity (Wildman–Crippen MR) is 111 cm³/mol. The van der Waals surface area contributed by atoms with E-state index in [9.17, 15) is 14.9 Å². The Morgan fingerprint density at radius 2 is 1.90 bits per heavy atom. The number of nitrogens with zero attached hydrogens (tertiary/aromatic N) is 4. The molecule has 0 saturated carbocycles. The SMILES string of the molecule is CCN(C(=O)c1ccc(N2CCCC2)c([N+](=O)[O-])c1)C(C)c1ccc(C#N)cc1. The Bertz CT molecular complexity index is 944. The average Bonchev–Trinajstić information content (AvgIpc) is 3.28. The zero-order valence-electron chi connectivity index (χ0n) is 16.7. The first kappa shape index (κ1) is 20.3. The molecule has 0 aromatic heterocycles. The molecule has 1 aliphatic rings. The molecule has 0 bridgehead atoms. The second-order valence-corrected chi connectivity index (χ2v) is 7.16. The standard InChI is InChI=1S/C22H24N4O3/c1-3-25(16(2)18-8-6-17(15-23)7-9-18)22(27)19-10-11-20(21(14-19)26(28)29)24-12-4-5-13-24/h6-11,14,16H,3-5,12-13H2,1-2H3. The second kappa shape index (κ2) is 8.74. The van der Waals surface area contributed by atoms with E-state index in [1.165, 1.54) is 6.07 Å². The molecule has 150 valence electrons. The summed E-state index contributed by atoms with van der Waals surface area (Å²) in [6.07, 6.45) is 2.03. The van der Waals surface area contributed by atoms with E-state index in [1.807, 2.05) is 30.9 Å². The Labute approximate surface area is 170 Å². The van der Waals surface area contributed by atoms with Gasteiger partial charge in [0.05, 0.1) is 22.6 Å². The maximum absolute atomic E-state index is 13.2. The van der Waals surface area contributed by atoms with E-state index >= 15 is 0 Å². The van der Waals surface area contributed by atoms with Crippen molar-refractivity contribution >= 4 is 17.3 Å². The van der Waals surface area contributed by atoms with Crippen molar-refractivity contribution in [3.63, 3.8) is 0 Å². The summed E-state index contributed by atoms with van der Waals surface area (Å²) in [5.41, 5.74) is 2.32. The van der Waals surface area contributed by atoms with Crippen molar-refractivity contribution in [2.45, 2.75) is 32.7 Å². The summed E-state index contributed by atoms with van der Waals surface area (Å²) in [6.45, 7) is 5.85. The third-order valence-corrected chi connectivity index (χ3v) is 5.46. The Hall–Kier alpha value is -3.40. The van der Waals surface area contributed by atoms with Gasteiger partial charge in [-0.25, -0.2) is 0 Å². The zero-order valence-corrected chi connectivity index (χ0v) is 16.7. The molecule has 2 aromatic carbocycles. The Balaban J connectivity index is 1.89. The third kappa shape index (κ3) is 4.21. The minimum Gasteiger partial charge on any atom is -0.366 e. The fourth-order valence-electron chi connectivity index (χ4n) is 3.80. The number of amides is 1. The van der Waals surface area contributed by atoms with Crippen molar-refractivity contribution in [1.29, 1.82) is 5.26 Å². The van der Waals surface area contributed by atoms with Crippen molar-refractivity contribution in [2.75, 3.05) is 24.5 Å². The van der Waals surface area contributed by atoms with Gasteiger partial charge in [0.1, 0.15) is 5.69 Å². The van der Waals surface area contributed by atoms with Crippen LogP contribution in [0.1, 0.15) is 54.2 Å². The molecule has 1 heterocycles. The number of carbonyl (C=O) groups excluding carboxylic acids is 1. The molecule has 0 aliphatic carbocycles. The molecule has 7 heteroatoms. The number of nitro benzene ring substituents is 1. The highest BCUT2D eigenvalue weighted by atomic mass is 16.6. The van der Waals surface area contributed by atoms with Gasteiger partial charge in [-0.3, -0.25) is 14.9 Å². The fraction of sp³-hybridized carbons (Fsp3) is 0.364.